The van der Waals surface area contributed by atoms with E-state index in [1.807, 2.05) is 25.4 Å². The molecule has 0 radical (unpaired) electrons. The summed E-state index contributed by atoms with van der Waals surface area (Å²) in [4.78, 5) is 16.8. The molecule has 2 rings (SSSR count). The predicted octanol–water partition coefficient (Wildman–Crippen LogP) is 1.91. The molecule has 0 spiro atoms. The van der Waals surface area contributed by atoms with Gasteiger partial charge in [0.2, 0.25) is 5.91 Å². The lowest BCUT2D eigenvalue weighted by atomic mass is 10.1. The largest absolute Gasteiger partial charge is 0.361 e. The number of amides is 1. The molecule has 2 aromatic rings. The number of aromatic amines is 1. The Morgan fingerprint density at radius 2 is 2.16 bits per heavy atom. The minimum atomic E-state index is 0.172. The maximum absolute atomic E-state index is 11.8. The number of nitrogens with one attached hydrogen (secondary N) is 1. The molecule has 3 N–H and O–H groups in total. The fourth-order valence-corrected chi connectivity index (χ4v) is 2.20. The molecule has 1 amide bonds. The lowest BCUT2D eigenvalue weighted by Crippen LogP contribution is -2.29. The molecule has 1 heterocycles. The SMILES string of the molecule is CN(CCc1c[nH]c2ccccc12)C(=O)CCCN. The van der Waals surface area contributed by atoms with Gasteiger partial charge in [0.05, 0.1) is 0 Å². The predicted molar refractivity (Wildman–Crippen MR) is 77.9 cm³/mol. The van der Waals surface area contributed by atoms with Crippen LogP contribution < -0.4 is 5.73 Å². The van der Waals surface area contributed by atoms with Crippen molar-refractivity contribution in [2.24, 2.45) is 5.73 Å². The van der Waals surface area contributed by atoms with Gasteiger partial charge in [-0.25, -0.2) is 0 Å². The summed E-state index contributed by atoms with van der Waals surface area (Å²) in [6.45, 7) is 1.31. The Kier molecular flexibility index (Phi) is 4.58. The molecule has 0 saturated heterocycles. The highest BCUT2D eigenvalue weighted by Crippen LogP contribution is 2.18. The number of benzene rings is 1. The van der Waals surface area contributed by atoms with E-state index in [2.05, 4.69) is 17.1 Å². The van der Waals surface area contributed by atoms with Gasteiger partial charge in [-0.3, -0.25) is 4.79 Å². The zero-order valence-corrected chi connectivity index (χ0v) is 11.4. The highest BCUT2D eigenvalue weighted by atomic mass is 16.2. The topological polar surface area (TPSA) is 62.1 Å². The van der Waals surface area contributed by atoms with Gasteiger partial charge in [0, 0.05) is 37.1 Å². The number of para-hydroxylation sites is 1. The van der Waals surface area contributed by atoms with Crippen molar-refractivity contribution in [3.63, 3.8) is 0 Å². The Morgan fingerprint density at radius 1 is 1.37 bits per heavy atom. The summed E-state index contributed by atoms with van der Waals surface area (Å²) in [5.74, 6) is 0.172. The third-order valence-electron chi connectivity index (χ3n) is 3.41. The van der Waals surface area contributed by atoms with Crippen LogP contribution >= 0.6 is 0 Å². The van der Waals surface area contributed by atoms with E-state index in [4.69, 9.17) is 5.73 Å². The monoisotopic (exact) mass is 259 g/mol. The number of nitrogens with two attached hydrogens (primary N) is 1. The molecule has 0 aliphatic carbocycles. The van der Waals surface area contributed by atoms with E-state index in [0.29, 0.717) is 13.0 Å². The Morgan fingerprint density at radius 3 is 2.95 bits per heavy atom. The molecule has 1 aromatic heterocycles. The van der Waals surface area contributed by atoms with Crippen LogP contribution in [0.2, 0.25) is 0 Å². The second kappa shape index (κ2) is 6.38. The van der Waals surface area contributed by atoms with Gasteiger partial charge in [-0.2, -0.15) is 0 Å². The van der Waals surface area contributed by atoms with Gasteiger partial charge in [-0.1, -0.05) is 18.2 Å². The Bertz CT molecular complexity index is 547. The van der Waals surface area contributed by atoms with Crippen molar-refractivity contribution < 1.29 is 4.79 Å². The van der Waals surface area contributed by atoms with Gasteiger partial charge in [-0.05, 0) is 31.0 Å². The zero-order valence-electron chi connectivity index (χ0n) is 11.4. The van der Waals surface area contributed by atoms with Crippen LogP contribution in [-0.2, 0) is 11.2 Å². The lowest BCUT2D eigenvalue weighted by Gasteiger charge is -2.16. The number of carbonyl (C=O) groups is 1. The van der Waals surface area contributed by atoms with Gasteiger partial charge in [0.1, 0.15) is 0 Å². The van der Waals surface area contributed by atoms with Crippen molar-refractivity contribution in [2.75, 3.05) is 20.1 Å². The van der Waals surface area contributed by atoms with Crippen molar-refractivity contribution in [1.82, 2.24) is 9.88 Å². The fourth-order valence-electron chi connectivity index (χ4n) is 2.20. The molecule has 1 aromatic carbocycles. The summed E-state index contributed by atoms with van der Waals surface area (Å²) >= 11 is 0. The molecule has 0 aliphatic rings. The lowest BCUT2D eigenvalue weighted by molar-refractivity contribution is -0.129. The molecule has 4 heteroatoms. The number of H-pyrrole nitrogens is 1. The molecule has 0 unspecified atom stereocenters. The third kappa shape index (κ3) is 3.35. The molecule has 0 aliphatic heterocycles. The van der Waals surface area contributed by atoms with Crippen LogP contribution in [0.1, 0.15) is 18.4 Å². The Hall–Kier alpha value is -1.81. The van der Waals surface area contributed by atoms with Gasteiger partial charge in [0.25, 0.3) is 0 Å². The molecule has 19 heavy (non-hydrogen) atoms. The highest BCUT2D eigenvalue weighted by molar-refractivity contribution is 5.83. The van der Waals surface area contributed by atoms with E-state index in [-0.39, 0.29) is 5.91 Å². The average Bonchev–Trinajstić information content (AvgIpc) is 2.85. The van der Waals surface area contributed by atoms with Gasteiger partial charge < -0.3 is 15.6 Å². The summed E-state index contributed by atoms with van der Waals surface area (Å²) in [7, 11) is 1.85. The first-order valence-corrected chi connectivity index (χ1v) is 6.71. The first-order valence-electron chi connectivity index (χ1n) is 6.71. The smallest absolute Gasteiger partial charge is 0.222 e. The summed E-state index contributed by atoms with van der Waals surface area (Å²) in [5.41, 5.74) is 7.82. The zero-order chi connectivity index (χ0) is 13.7. The number of hydrogen-bond donors (Lipinski definition) is 2. The maximum atomic E-state index is 11.8. The number of rotatable bonds is 6. The van der Waals surface area contributed by atoms with Gasteiger partial charge in [0.15, 0.2) is 0 Å². The fraction of sp³-hybridized carbons (Fsp3) is 0.400. The van der Waals surface area contributed by atoms with E-state index in [0.717, 1.165) is 24.9 Å². The normalized spacial score (nSPS) is 10.8. The van der Waals surface area contributed by atoms with E-state index in [1.54, 1.807) is 4.90 Å². The molecule has 4 nitrogen and oxygen atoms in total. The maximum Gasteiger partial charge on any atom is 0.222 e. The Labute approximate surface area is 113 Å². The third-order valence-corrected chi connectivity index (χ3v) is 3.41. The average molecular weight is 259 g/mol. The molecule has 0 fully saturated rings. The van der Waals surface area contributed by atoms with E-state index < -0.39 is 0 Å². The highest BCUT2D eigenvalue weighted by Gasteiger charge is 2.09. The summed E-state index contributed by atoms with van der Waals surface area (Å²) in [6.07, 6.45) is 4.20. The first-order chi connectivity index (χ1) is 9.22. The number of hydrogen-bond acceptors (Lipinski definition) is 2. The van der Waals surface area contributed by atoms with Crippen molar-refractivity contribution >= 4 is 16.8 Å². The van der Waals surface area contributed by atoms with Crippen LogP contribution in [0.5, 0.6) is 0 Å². The first kappa shape index (κ1) is 13.6. The number of carbonyl (C=O) groups excluding carboxylic acids is 1. The van der Waals surface area contributed by atoms with E-state index in [1.165, 1.54) is 10.9 Å². The van der Waals surface area contributed by atoms with E-state index in [9.17, 15) is 4.79 Å². The van der Waals surface area contributed by atoms with Crippen molar-refractivity contribution in [3.8, 4) is 0 Å². The van der Waals surface area contributed by atoms with Crippen LogP contribution in [0.3, 0.4) is 0 Å². The van der Waals surface area contributed by atoms with Crippen LogP contribution in [-0.4, -0.2) is 35.9 Å². The molecular weight excluding hydrogens is 238 g/mol. The number of fused-ring (bicyclic) bond motifs is 1. The van der Waals surface area contributed by atoms with Crippen LogP contribution in [0.4, 0.5) is 0 Å². The Balaban J connectivity index is 1.93. The number of nitrogens with zero attached hydrogens (tertiary/aromatic N) is 1. The minimum Gasteiger partial charge on any atom is -0.361 e. The number of aromatic nitrogens is 1. The molecule has 102 valence electrons. The molecular formula is C15H21N3O. The summed E-state index contributed by atoms with van der Waals surface area (Å²) in [6, 6.07) is 8.23. The molecule has 0 saturated carbocycles. The van der Waals surface area contributed by atoms with Crippen LogP contribution in [0.25, 0.3) is 10.9 Å². The van der Waals surface area contributed by atoms with Crippen LogP contribution in [0, 0.1) is 0 Å². The van der Waals surface area contributed by atoms with Gasteiger partial charge in [-0.15, -0.1) is 0 Å². The molecule has 0 atom stereocenters. The summed E-state index contributed by atoms with van der Waals surface area (Å²) < 4.78 is 0. The van der Waals surface area contributed by atoms with Crippen LogP contribution in [0.15, 0.2) is 30.5 Å². The summed E-state index contributed by atoms with van der Waals surface area (Å²) in [5, 5.41) is 1.24. The van der Waals surface area contributed by atoms with Crippen molar-refractivity contribution in [1.29, 1.82) is 0 Å². The number of likely N-dealkylation sites (N-methyl/N-ethyl adjacent to an activating group) is 1. The standard InChI is InChI=1S/C15H21N3O/c1-18(15(19)7-4-9-16)10-8-12-11-17-14-6-3-2-5-13(12)14/h2-3,5-6,11,17H,4,7-10,16H2,1H3. The van der Waals surface area contributed by atoms with E-state index >= 15 is 0 Å². The van der Waals surface area contributed by atoms with Gasteiger partial charge >= 0.3 is 0 Å². The minimum absolute atomic E-state index is 0.172. The second-order valence-corrected chi connectivity index (χ2v) is 4.82. The van der Waals surface area contributed by atoms with Crippen molar-refractivity contribution in [2.45, 2.75) is 19.3 Å². The van der Waals surface area contributed by atoms with Crippen molar-refractivity contribution in [3.05, 3.63) is 36.0 Å². The quantitative estimate of drug-likeness (QED) is 0.832. The molecule has 0 bridgehead atoms. The second-order valence-electron chi connectivity index (χ2n) is 4.82.